The Morgan fingerprint density at radius 3 is 3.00 bits per heavy atom. The Morgan fingerprint density at radius 2 is 2.38 bits per heavy atom. The molecule has 1 aliphatic rings. The lowest BCUT2D eigenvalue weighted by atomic mass is 9.98. The molecule has 112 valence electrons. The minimum atomic E-state index is -1.17. The molecule has 21 heavy (non-hydrogen) atoms. The number of aromatic amines is 1. The molecular formula is C14H17N3O3S. The third-order valence-corrected chi connectivity index (χ3v) is 4.91. The number of methoxy groups -OCH3 is 1. The molecule has 1 heterocycles. The quantitative estimate of drug-likeness (QED) is 0.704. The van der Waals surface area contributed by atoms with Crippen LogP contribution in [0.25, 0.3) is 11.0 Å². The topological polar surface area (TPSA) is 101 Å². The minimum Gasteiger partial charge on any atom is -0.497 e. The zero-order valence-electron chi connectivity index (χ0n) is 11.6. The summed E-state index contributed by atoms with van der Waals surface area (Å²) in [6.07, 6.45) is 1.78. The molecule has 1 aliphatic carbocycles. The highest BCUT2D eigenvalue weighted by molar-refractivity contribution is 7.99. The third-order valence-electron chi connectivity index (χ3n) is 3.82. The van der Waals surface area contributed by atoms with Gasteiger partial charge in [0.2, 0.25) is 0 Å². The number of hydrogen-bond donors (Lipinski definition) is 3. The lowest BCUT2D eigenvalue weighted by molar-refractivity contribution is -0.143. The molecule has 1 saturated carbocycles. The number of benzene rings is 1. The Balaban J connectivity index is 1.77. The monoisotopic (exact) mass is 307 g/mol. The summed E-state index contributed by atoms with van der Waals surface area (Å²) >= 11 is 1.35. The normalized spacial score (nSPS) is 17.6. The molecule has 0 saturated heterocycles. The fraction of sp³-hybridized carbons (Fsp3) is 0.429. The second-order valence-electron chi connectivity index (χ2n) is 5.33. The number of aliphatic carboxylic acids is 1. The fourth-order valence-corrected chi connectivity index (χ4v) is 3.38. The molecular weight excluding hydrogens is 290 g/mol. The number of fused-ring (bicyclic) bond motifs is 1. The Kier molecular flexibility index (Phi) is 3.54. The maximum absolute atomic E-state index is 11.4. The number of imidazole rings is 1. The van der Waals surface area contributed by atoms with Gasteiger partial charge in [-0.15, -0.1) is 0 Å². The van der Waals surface area contributed by atoms with Crippen molar-refractivity contribution in [3.63, 3.8) is 0 Å². The molecule has 4 N–H and O–H groups in total. The maximum Gasteiger partial charge on any atom is 0.324 e. The van der Waals surface area contributed by atoms with E-state index in [0.29, 0.717) is 10.9 Å². The average Bonchev–Trinajstić information content (AvgIpc) is 3.24. The van der Waals surface area contributed by atoms with Gasteiger partial charge in [0.25, 0.3) is 0 Å². The highest BCUT2D eigenvalue weighted by Gasteiger charge is 2.48. The Labute approximate surface area is 126 Å². The van der Waals surface area contributed by atoms with Crippen molar-refractivity contribution < 1.29 is 14.6 Å². The van der Waals surface area contributed by atoms with Crippen LogP contribution in [0, 0.1) is 5.92 Å². The van der Waals surface area contributed by atoms with Crippen molar-refractivity contribution in [1.82, 2.24) is 9.97 Å². The lowest BCUT2D eigenvalue weighted by Crippen LogP contribution is -2.52. The molecule has 7 heteroatoms. The molecule has 1 unspecified atom stereocenters. The number of carboxylic acids is 1. The molecule has 0 spiro atoms. The summed E-state index contributed by atoms with van der Waals surface area (Å²) in [5, 5.41) is 10.0. The predicted octanol–water partition coefficient (Wildman–Crippen LogP) is 1.86. The third kappa shape index (κ3) is 2.71. The number of H-pyrrole nitrogens is 1. The Hall–Kier alpha value is -1.73. The van der Waals surface area contributed by atoms with Crippen LogP contribution in [0.5, 0.6) is 5.75 Å². The average molecular weight is 307 g/mol. The van der Waals surface area contributed by atoms with Crippen LogP contribution in [-0.2, 0) is 4.79 Å². The van der Waals surface area contributed by atoms with E-state index in [4.69, 9.17) is 10.5 Å². The molecule has 1 aromatic heterocycles. The summed E-state index contributed by atoms with van der Waals surface area (Å²) < 4.78 is 5.16. The number of carbonyl (C=O) groups is 1. The molecule has 0 aliphatic heterocycles. The zero-order chi connectivity index (χ0) is 15.0. The van der Waals surface area contributed by atoms with Gasteiger partial charge in [0.1, 0.15) is 11.3 Å². The van der Waals surface area contributed by atoms with Crippen molar-refractivity contribution in [3.05, 3.63) is 18.2 Å². The first-order chi connectivity index (χ1) is 10.0. The van der Waals surface area contributed by atoms with E-state index in [1.165, 1.54) is 11.8 Å². The van der Waals surface area contributed by atoms with Crippen LogP contribution in [-0.4, -0.2) is 39.4 Å². The van der Waals surface area contributed by atoms with E-state index < -0.39 is 11.5 Å². The van der Waals surface area contributed by atoms with Gasteiger partial charge in [-0.25, -0.2) is 4.98 Å². The van der Waals surface area contributed by atoms with Gasteiger partial charge in [-0.3, -0.25) is 4.79 Å². The van der Waals surface area contributed by atoms with Crippen molar-refractivity contribution in [2.24, 2.45) is 11.7 Å². The molecule has 0 bridgehead atoms. The summed E-state index contributed by atoms with van der Waals surface area (Å²) in [6, 6.07) is 5.56. The van der Waals surface area contributed by atoms with Gasteiger partial charge in [-0.1, -0.05) is 11.8 Å². The molecule has 1 atom stereocenters. The lowest BCUT2D eigenvalue weighted by Gasteiger charge is -2.23. The van der Waals surface area contributed by atoms with Gasteiger partial charge >= 0.3 is 5.97 Å². The van der Waals surface area contributed by atoms with E-state index in [9.17, 15) is 9.90 Å². The van der Waals surface area contributed by atoms with Crippen LogP contribution < -0.4 is 10.5 Å². The van der Waals surface area contributed by atoms with Gasteiger partial charge < -0.3 is 20.6 Å². The Morgan fingerprint density at radius 1 is 1.62 bits per heavy atom. The highest BCUT2D eigenvalue weighted by atomic mass is 32.2. The van der Waals surface area contributed by atoms with Crippen molar-refractivity contribution in [1.29, 1.82) is 0 Å². The largest absolute Gasteiger partial charge is 0.497 e. The molecule has 6 nitrogen and oxygen atoms in total. The predicted molar refractivity (Wildman–Crippen MR) is 80.6 cm³/mol. The zero-order valence-corrected chi connectivity index (χ0v) is 12.4. The van der Waals surface area contributed by atoms with E-state index in [1.807, 2.05) is 18.2 Å². The standard InChI is InChI=1S/C14H17N3O3S/c1-20-9-4-5-10-11(6-9)17-13(16-10)21-7-14(15,12(18)19)8-2-3-8/h4-6,8H,2-3,7,15H2,1H3,(H,16,17)(H,18,19). The van der Waals surface area contributed by atoms with Crippen molar-refractivity contribution >= 4 is 28.8 Å². The number of nitrogens with one attached hydrogen (secondary N) is 1. The van der Waals surface area contributed by atoms with Gasteiger partial charge in [0, 0.05) is 11.8 Å². The van der Waals surface area contributed by atoms with E-state index in [2.05, 4.69) is 9.97 Å². The molecule has 1 aromatic carbocycles. The van der Waals surface area contributed by atoms with Crippen LogP contribution >= 0.6 is 11.8 Å². The molecule has 0 amide bonds. The number of thioether (sulfide) groups is 1. The maximum atomic E-state index is 11.4. The highest BCUT2D eigenvalue weighted by Crippen LogP contribution is 2.41. The first kappa shape index (κ1) is 14.2. The van der Waals surface area contributed by atoms with E-state index >= 15 is 0 Å². The summed E-state index contributed by atoms with van der Waals surface area (Å²) in [7, 11) is 1.61. The van der Waals surface area contributed by atoms with E-state index in [-0.39, 0.29) is 5.92 Å². The van der Waals surface area contributed by atoms with Crippen LogP contribution in [0.4, 0.5) is 0 Å². The first-order valence-corrected chi connectivity index (χ1v) is 7.70. The summed E-state index contributed by atoms with van der Waals surface area (Å²) in [5.74, 6) is 0.200. The number of nitrogens with zero attached hydrogens (tertiary/aromatic N) is 1. The van der Waals surface area contributed by atoms with Crippen LogP contribution in [0.2, 0.25) is 0 Å². The smallest absolute Gasteiger partial charge is 0.324 e. The number of ether oxygens (including phenoxy) is 1. The summed E-state index contributed by atoms with van der Waals surface area (Å²) in [6.45, 7) is 0. The van der Waals surface area contributed by atoms with Gasteiger partial charge in [0.05, 0.1) is 18.1 Å². The van der Waals surface area contributed by atoms with Gasteiger partial charge in [-0.05, 0) is 30.9 Å². The van der Waals surface area contributed by atoms with Crippen LogP contribution in [0.1, 0.15) is 12.8 Å². The molecule has 2 aromatic rings. The molecule has 0 radical (unpaired) electrons. The SMILES string of the molecule is COc1ccc2nc(SCC(N)(C(=O)O)C3CC3)[nH]c2c1. The second kappa shape index (κ2) is 5.23. The second-order valence-corrected chi connectivity index (χ2v) is 6.30. The van der Waals surface area contributed by atoms with Crippen LogP contribution in [0.3, 0.4) is 0 Å². The number of nitrogens with two attached hydrogens (primary N) is 1. The van der Waals surface area contributed by atoms with E-state index in [1.54, 1.807) is 7.11 Å². The fourth-order valence-electron chi connectivity index (χ4n) is 2.30. The molecule has 3 rings (SSSR count). The number of rotatable bonds is 6. The first-order valence-electron chi connectivity index (χ1n) is 6.72. The van der Waals surface area contributed by atoms with Gasteiger partial charge in [0.15, 0.2) is 5.16 Å². The summed E-state index contributed by atoms with van der Waals surface area (Å²) in [5.41, 5.74) is 6.57. The van der Waals surface area contributed by atoms with Crippen LogP contribution in [0.15, 0.2) is 23.4 Å². The van der Waals surface area contributed by atoms with Crippen molar-refractivity contribution in [2.75, 3.05) is 12.9 Å². The summed E-state index contributed by atoms with van der Waals surface area (Å²) in [4.78, 5) is 19.0. The number of carboxylic acid groups (broad SMARTS) is 1. The Bertz CT molecular complexity index is 683. The van der Waals surface area contributed by atoms with Crippen molar-refractivity contribution in [3.8, 4) is 5.75 Å². The number of hydrogen-bond acceptors (Lipinski definition) is 5. The van der Waals surface area contributed by atoms with Crippen molar-refractivity contribution in [2.45, 2.75) is 23.5 Å². The minimum absolute atomic E-state index is 0.0759. The molecule has 1 fully saturated rings. The van der Waals surface area contributed by atoms with E-state index in [0.717, 1.165) is 29.6 Å². The van der Waals surface area contributed by atoms with Gasteiger partial charge in [-0.2, -0.15) is 0 Å². The number of aromatic nitrogens is 2.